The number of nitrogens with two attached hydrogens (primary N) is 1. The van der Waals surface area contributed by atoms with Crippen molar-refractivity contribution in [3.05, 3.63) is 48.5 Å². The summed E-state index contributed by atoms with van der Waals surface area (Å²) in [6.45, 7) is 12.0. The minimum absolute atomic E-state index is 0.649. The topological polar surface area (TPSA) is 66.9 Å². The van der Waals surface area contributed by atoms with Crippen LogP contribution in [0.3, 0.4) is 0 Å². The third-order valence-electron chi connectivity index (χ3n) is 3.00. The van der Waals surface area contributed by atoms with Gasteiger partial charge in [-0.1, -0.05) is 65.0 Å². The van der Waals surface area contributed by atoms with Gasteiger partial charge in [0.1, 0.15) is 0 Å². The fourth-order valence-electron chi connectivity index (χ4n) is 1.91. The van der Waals surface area contributed by atoms with E-state index in [4.69, 9.17) is 5.73 Å². The van der Waals surface area contributed by atoms with Crippen LogP contribution in [0.15, 0.2) is 58.8 Å². The first-order valence-corrected chi connectivity index (χ1v) is 10.4. The Bertz CT molecular complexity index is 840. The summed E-state index contributed by atoms with van der Waals surface area (Å²) >= 11 is 1.52. The van der Waals surface area contributed by atoms with Crippen molar-refractivity contribution in [2.24, 2.45) is 16.0 Å². The van der Waals surface area contributed by atoms with Crippen LogP contribution in [-0.4, -0.2) is 12.0 Å². The lowest BCUT2D eigenvalue weighted by atomic mass is 10.3. The summed E-state index contributed by atoms with van der Waals surface area (Å²) in [6, 6.07) is 20.6. The molecule has 0 fully saturated rings. The number of hydrogen-bond donors (Lipinski definition) is 1. The molecular formula is C22H31N5S. The third kappa shape index (κ3) is 7.77. The van der Waals surface area contributed by atoms with Crippen LogP contribution in [0, 0.1) is 12.1 Å². The molecule has 1 aromatic heterocycles. The van der Waals surface area contributed by atoms with Crippen molar-refractivity contribution in [2.45, 2.75) is 41.5 Å². The Morgan fingerprint density at radius 2 is 1.50 bits per heavy atom. The maximum absolute atomic E-state index is 5.20. The number of fused-ring (bicyclic) bond motifs is 1. The molecular weight excluding hydrogens is 366 g/mol. The van der Waals surface area contributed by atoms with Gasteiger partial charge >= 0.3 is 0 Å². The Morgan fingerprint density at radius 1 is 0.893 bits per heavy atom. The number of azo groups is 1. The molecule has 0 amide bonds. The zero-order chi connectivity index (χ0) is 21.4. The minimum atomic E-state index is 0.649. The maximum Gasteiger partial charge on any atom is 0.231 e. The largest absolute Gasteiger partial charge is 0.358 e. The van der Waals surface area contributed by atoms with E-state index in [1.165, 1.54) is 11.3 Å². The van der Waals surface area contributed by atoms with Gasteiger partial charge in [-0.05, 0) is 36.4 Å². The summed E-state index contributed by atoms with van der Waals surface area (Å²) in [7, 11) is 1.84. The van der Waals surface area contributed by atoms with E-state index in [9.17, 15) is 0 Å². The predicted octanol–water partition coefficient (Wildman–Crippen LogP) is 7.10. The van der Waals surface area contributed by atoms with Gasteiger partial charge < -0.3 is 10.6 Å². The maximum atomic E-state index is 5.20. The first-order valence-electron chi connectivity index (χ1n) is 9.58. The molecule has 150 valence electrons. The van der Waals surface area contributed by atoms with E-state index in [1.807, 2.05) is 97.1 Å². The Hall–Kier alpha value is -2.91. The smallest absolute Gasteiger partial charge is 0.231 e. The van der Waals surface area contributed by atoms with Gasteiger partial charge in [-0.25, -0.2) is 4.98 Å². The molecule has 0 atom stereocenters. The van der Waals surface area contributed by atoms with Crippen molar-refractivity contribution in [3.63, 3.8) is 0 Å². The normalized spacial score (nSPS) is 8.96. The summed E-state index contributed by atoms with van der Waals surface area (Å²) in [6.07, 6.45) is 0. The van der Waals surface area contributed by atoms with Gasteiger partial charge in [-0.15, -0.1) is 10.2 Å². The van der Waals surface area contributed by atoms with Crippen LogP contribution >= 0.6 is 11.3 Å². The molecule has 0 aliphatic heterocycles. The average molecular weight is 398 g/mol. The molecule has 0 bridgehead atoms. The van der Waals surface area contributed by atoms with Crippen LogP contribution in [-0.2, 0) is 0 Å². The van der Waals surface area contributed by atoms with E-state index in [0.29, 0.717) is 5.13 Å². The number of rotatable bonds is 3. The molecule has 0 unspecified atom stereocenters. The van der Waals surface area contributed by atoms with Gasteiger partial charge in [0, 0.05) is 24.8 Å². The molecule has 5 nitrogen and oxygen atoms in total. The molecule has 3 aromatic rings. The first-order chi connectivity index (χ1) is 13.8. The van der Waals surface area contributed by atoms with E-state index >= 15 is 0 Å². The zero-order valence-electron chi connectivity index (χ0n) is 17.9. The van der Waals surface area contributed by atoms with Crippen LogP contribution < -0.4 is 10.6 Å². The Balaban J connectivity index is 0.00000111. The van der Waals surface area contributed by atoms with Gasteiger partial charge in [-0.3, -0.25) is 0 Å². The number of aromatic nitrogens is 1. The number of nitrogens with zero attached hydrogens (tertiary/aromatic N) is 4. The first kappa shape index (κ1) is 25.1. The van der Waals surface area contributed by atoms with E-state index < -0.39 is 0 Å². The number of thiazole rings is 1. The molecule has 2 N–H and O–H groups in total. The second-order valence-electron chi connectivity index (χ2n) is 4.50. The van der Waals surface area contributed by atoms with Crippen LogP contribution in [0.5, 0.6) is 0 Å². The summed E-state index contributed by atoms with van der Waals surface area (Å²) in [4.78, 5) is 6.16. The molecule has 0 spiro atoms. The lowest BCUT2D eigenvalue weighted by Crippen LogP contribution is -2.08. The average Bonchev–Trinajstić information content (AvgIpc) is 3.20. The summed E-state index contributed by atoms with van der Waals surface area (Å²) in [5.74, 6) is 0. The van der Waals surface area contributed by atoms with Crippen LogP contribution in [0.2, 0.25) is 0 Å². The summed E-state index contributed by atoms with van der Waals surface area (Å²) in [5, 5.41) is 9.06. The molecule has 3 rings (SSSR count). The van der Waals surface area contributed by atoms with E-state index in [0.717, 1.165) is 21.6 Å². The Kier molecular flexibility index (Phi) is 13.6. The molecule has 0 radical (unpaired) electrons. The highest BCUT2D eigenvalue weighted by molar-refractivity contribution is 7.21. The molecule has 0 aliphatic rings. The van der Waals surface area contributed by atoms with E-state index in [2.05, 4.69) is 27.3 Å². The van der Waals surface area contributed by atoms with Crippen molar-refractivity contribution in [3.8, 4) is 12.1 Å². The molecule has 2 aromatic carbocycles. The van der Waals surface area contributed by atoms with Crippen molar-refractivity contribution in [1.29, 1.82) is 0 Å². The Morgan fingerprint density at radius 3 is 2.07 bits per heavy atom. The monoisotopic (exact) mass is 397 g/mol. The number of hydrogen-bond acceptors (Lipinski definition) is 6. The molecule has 6 heteroatoms. The van der Waals surface area contributed by atoms with Crippen molar-refractivity contribution >= 4 is 38.1 Å². The highest BCUT2D eigenvalue weighted by Crippen LogP contribution is 2.29. The number of anilines is 1. The van der Waals surface area contributed by atoms with Gasteiger partial charge in [-0.2, -0.15) is 0 Å². The molecule has 1 heterocycles. The Labute approximate surface area is 173 Å². The van der Waals surface area contributed by atoms with Gasteiger partial charge in [0.15, 0.2) is 0 Å². The fraction of sp³-hybridized carbons (Fsp3) is 0.318. The summed E-state index contributed by atoms with van der Waals surface area (Å²) < 4.78 is 1.11. The summed E-state index contributed by atoms with van der Waals surface area (Å²) in [5.41, 5.74) is 7.84. The van der Waals surface area contributed by atoms with Gasteiger partial charge in [0.25, 0.3) is 0 Å². The quantitative estimate of drug-likeness (QED) is 0.291. The fourth-order valence-corrected chi connectivity index (χ4v) is 2.69. The van der Waals surface area contributed by atoms with Crippen molar-refractivity contribution in [1.82, 2.24) is 4.98 Å². The van der Waals surface area contributed by atoms with Crippen LogP contribution in [0.25, 0.3) is 10.2 Å². The van der Waals surface area contributed by atoms with E-state index in [1.54, 1.807) is 4.90 Å². The molecule has 28 heavy (non-hydrogen) atoms. The van der Waals surface area contributed by atoms with E-state index in [-0.39, 0.29) is 0 Å². The second-order valence-corrected chi connectivity index (χ2v) is 5.50. The van der Waals surface area contributed by atoms with Gasteiger partial charge in [0.2, 0.25) is 5.13 Å². The molecule has 0 saturated carbocycles. The second kappa shape index (κ2) is 15.2. The standard InChI is InChI=1S/C16H13N5S.3C2H6/c1-21(11-10-17)13-8-6-12(7-9-13)19-20-16-18-14-4-2-3-5-15(14)22-16;3*1-2/h2-9H,17H2,1H3;3*1-2H3. The molecule has 0 aliphatic carbocycles. The SMILES string of the molecule is CC.CC.CC.CN(C#CN)c1ccc(N=Nc2nc3ccccc3s2)cc1. The predicted molar refractivity (Wildman–Crippen MR) is 125 cm³/mol. The number of benzene rings is 2. The van der Waals surface area contributed by atoms with Crippen molar-refractivity contribution < 1.29 is 0 Å². The van der Waals surface area contributed by atoms with Crippen LogP contribution in [0.4, 0.5) is 16.5 Å². The van der Waals surface area contributed by atoms with Crippen LogP contribution in [0.1, 0.15) is 41.5 Å². The lowest BCUT2D eigenvalue weighted by molar-refractivity contribution is 1.20. The minimum Gasteiger partial charge on any atom is -0.358 e. The zero-order valence-corrected chi connectivity index (χ0v) is 18.7. The van der Waals surface area contributed by atoms with Crippen molar-refractivity contribution in [2.75, 3.05) is 11.9 Å². The van der Waals surface area contributed by atoms with Gasteiger partial charge in [0.05, 0.1) is 15.9 Å². The molecule has 0 saturated heterocycles. The highest BCUT2D eigenvalue weighted by Gasteiger charge is 2.01. The lowest BCUT2D eigenvalue weighted by Gasteiger charge is -2.09. The highest BCUT2D eigenvalue weighted by atomic mass is 32.1. The number of para-hydroxylation sites is 1. The third-order valence-corrected chi connectivity index (χ3v) is 3.92.